The molecule has 26 heavy (non-hydrogen) atoms. The van der Waals surface area contributed by atoms with E-state index < -0.39 is 0 Å². The fourth-order valence-corrected chi connectivity index (χ4v) is 2.80. The summed E-state index contributed by atoms with van der Waals surface area (Å²) >= 11 is 0. The van der Waals surface area contributed by atoms with E-state index in [1.807, 2.05) is 42.5 Å². The van der Waals surface area contributed by atoms with Crippen LogP contribution in [-0.4, -0.2) is 35.0 Å². The fourth-order valence-electron chi connectivity index (χ4n) is 2.80. The zero-order chi connectivity index (χ0) is 18.4. The summed E-state index contributed by atoms with van der Waals surface area (Å²) in [6.07, 6.45) is 1.97. The minimum atomic E-state index is -0.114. The molecule has 0 saturated heterocycles. The fraction of sp³-hybridized carbons (Fsp3) is 0.333. The number of carbonyl (C=O) groups is 2. The van der Waals surface area contributed by atoms with Gasteiger partial charge in [-0.3, -0.25) is 9.59 Å². The van der Waals surface area contributed by atoms with E-state index in [0.717, 1.165) is 24.0 Å². The summed E-state index contributed by atoms with van der Waals surface area (Å²) in [5.41, 5.74) is 2.56. The lowest BCUT2D eigenvalue weighted by Crippen LogP contribution is -2.33. The number of aliphatic hydroxyl groups excluding tert-OH is 1. The third-order valence-corrected chi connectivity index (χ3v) is 4.49. The van der Waals surface area contributed by atoms with Gasteiger partial charge in [0.05, 0.1) is 6.61 Å². The summed E-state index contributed by atoms with van der Waals surface area (Å²) in [7, 11) is 0. The van der Waals surface area contributed by atoms with Gasteiger partial charge in [-0.25, -0.2) is 0 Å². The van der Waals surface area contributed by atoms with Crippen LogP contribution >= 0.6 is 0 Å². The highest BCUT2D eigenvalue weighted by Crippen LogP contribution is 2.28. The zero-order valence-electron chi connectivity index (χ0n) is 14.7. The molecule has 0 radical (unpaired) electrons. The van der Waals surface area contributed by atoms with Gasteiger partial charge in [0.25, 0.3) is 5.91 Å². The largest absolute Gasteiger partial charge is 0.395 e. The van der Waals surface area contributed by atoms with Crippen LogP contribution in [0.2, 0.25) is 0 Å². The smallest absolute Gasteiger partial charge is 0.254 e. The normalized spacial score (nSPS) is 13.3. The first-order chi connectivity index (χ1) is 12.7. The van der Waals surface area contributed by atoms with Gasteiger partial charge in [0.2, 0.25) is 5.91 Å². The van der Waals surface area contributed by atoms with Crippen LogP contribution in [0.15, 0.2) is 54.6 Å². The number of hydrogen-bond donors (Lipinski definition) is 2. The molecule has 0 aliphatic heterocycles. The van der Waals surface area contributed by atoms with E-state index >= 15 is 0 Å². The van der Waals surface area contributed by atoms with Gasteiger partial charge >= 0.3 is 0 Å². The zero-order valence-corrected chi connectivity index (χ0v) is 14.7. The van der Waals surface area contributed by atoms with Crippen LogP contribution in [-0.2, 0) is 17.9 Å². The lowest BCUT2D eigenvalue weighted by Gasteiger charge is -2.22. The molecule has 2 aromatic carbocycles. The quantitative estimate of drug-likeness (QED) is 0.766. The van der Waals surface area contributed by atoms with E-state index in [-0.39, 0.29) is 30.9 Å². The van der Waals surface area contributed by atoms with E-state index in [0.29, 0.717) is 18.7 Å². The van der Waals surface area contributed by atoms with Gasteiger partial charge in [-0.15, -0.1) is 0 Å². The number of rotatable bonds is 8. The first-order valence-electron chi connectivity index (χ1n) is 8.98. The second-order valence-electron chi connectivity index (χ2n) is 6.62. The molecule has 0 unspecified atom stereocenters. The van der Waals surface area contributed by atoms with E-state index in [9.17, 15) is 14.7 Å². The summed E-state index contributed by atoms with van der Waals surface area (Å²) in [6.45, 7) is 1.14. The van der Waals surface area contributed by atoms with Crippen molar-refractivity contribution in [3.05, 3.63) is 71.3 Å². The van der Waals surface area contributed by atoms with E-state index in [2.05, 4.69) is 5.32 Å². The number of carbonyl (C=O) groups excluding carboxylic acids is 2. The lowest BCUT2D eigenvalue weighted by atomic mass is 10.1. The predicted molar refractivity (Wildman–Crippen MR) is 99.3 cm³/mol. The van der Waals surface area contributed by atoms with Crippen molar-refractivity contribution in [2.24, 2.45) is 5.92 Å². The lowest BCUT2D eigenvalue weighted by molar-refractivity contribution is -0.122. The van der Waals surface area contributed by atoms with E-state index in [4.69, 9.17) is 0 Å². The maximum atomic E-state index is 12.8. The number of hydrogen-bond acceptors (Lipinski definition) is 3. The maximum Gasteiger partial charge on any atom is 0.254 e. The topological polar surface area (TPSA) is 69.6 Å². The molecule has 0 bridgehead atoms. The van der Waals surface area contributed by atoms with Gasteiger partial charge < -0.3 is 15.3 Å². The van der Waals surface area contributed by atoms with Gasteiger partial charge in [-0.05, 0) is 36.1 Å². The van der Waals surface area contributed by atoms with Crippen LogP contribution in [0.5, 0.6) is 0 Å². The molecule has 1 aliphatic rings. The summed E-state index contributed by atoms with van der Waals surface area (Å²) in [6, 6.07) is 17.0. The summed E-state index contributed by atoms with van der Waals surface area (Å²) in [5.74, 6) is 0.194. The van der Waals surface area contributed by atoms with Gasteiger partial charge in [0.1, 0.15) is 0 Å². The Bertz CT molecular complexity index is 740. The number of amides is 2. The number of aliphatic hydroxyl groups is 1. The standard InChI is InChI=1S/C21H24N2O3/c24-13-12-23(15-17-4-2-1-3-5-17)21(26)19-8-6-16(7-9-19)14-22-20(25)18-10-11-18/h1-9,18,24H,10-15H2,(H,22,25). The summed E-state index contributed by atoms with van der Waals surface area (Å²) in [5, 5.41) is 12.2. The second kappa shape index (κ2) is 8.63. The molecule has 3 rings (SSSR count). The SMILES string of the molecule is O=C(NCc1ccc(C(=O)N(CCO)Cc2ccccc2)cc1)C1CC1. The monoisotopic (exact) mass is 352 g/mol. The van der Waals surface area contributed by atoms with Crippen molar-refractivity contribution in [3.63, 3.8) is 0 Å². The van der Waals surface area contributed by atoms with Gasteiger partial charge in [-0.1, -0.05) is 42.5 Å². The number of nitrogens with one attached hydrogen (secondary N) is 1. The van der Waals surface area contributed by atoms with Crippen molar-refractivity contribution in [1.82, 2.24) is 10.2 Å². The first-order valence-corrected chi connectivity index (χ1v) is 8.98. The molecule has 2 aromatic rings. The average Bonchev–Trinajstić information content (AvgIpc) is 3.52. The Kier molecular flexibility index (Phi) is 6.02. The van der Waals surface area contributed by atoms with Crippen LogP contribution in [0, 0.1) is 5.92 Å². The minimum Gasteiger partial charge on any atom is -0.395 e. The van der Waals surface area contributed by atoms with Crippen LogP contribution < -0.4 is 5.32 Å². The van der Waals surface area contributed by atoms with Crippen LogP contribution in [0.3, 0.4) is 0 Å². The highest BCUT2D eigenvalue weighted by molar-refractivity contribution is 5.94. The molecule has 0 aromatic heterocycles. The molecule has 1 aliphatic carbocycles. The highest BCUT2D eigenvalue weighted by atomic mass is 16.3. The Morgan fingerprint density at radius 3 is 2.31 bits per heavy atom. The molecule has 0 heterocycles. The summed E-state index contributed by atoms with van der Waals surface area (Å²) in [4.78, 5) is 26.1. The Morgan fingerprint density at radius 1 is 1.00 bits per heavy atom. The number of benzene rings is 2. The van der Waals surface area contributed by atoms with Crippen molar-refractivity contribution in [2.75, 3.05) is 13.2 Å². The van der Waals surface area contributed by atoms with Crippen LogP contribution in [0.1, 0.15) is 34.3 Å². The molecule has 2 N–H and O–H groups in total. The van der Waals surface area contributed by atoms with Crippen LogP contribution in [0.25, 0.3) is 0 Å². The molecule has 0 atom stereocenters. The summed E-state index contributed by atoms with van der Waals surface area (Å²) < 4.78 is 0. The molecule has 5 nitrogen and oxygen atoms in total. The second-order valence-corrected chi connectivity index (χ2v) is 6.62. The van der Waals surface area contributed by atoms with Crippen molar-refractivity contribution in [1.29, 1.82) is 0 Å². The number of nitrogens with zero attached hydrogens (tertiary/aromatic N) is 1. The molecular weight excluding hydrogens is 328 g/mol. The average molecular weight is 352 g/mol. The molecule has 1 fully saturated rings. The third kappa shape index (κ3) is 4.92. The van der Waals surface area contributed by atoms with E-state index in [1.54, 1.807) is 17.0 Å². The maximum absolute atomic E-state index is 12.8. The molecule has 1 saturated carbocycles. The van der Waals surface area contributed by atoms with Crippen molar-refractivity contribution >= 4 is 11.8 Å². The van der Waals surface area contributed by atoms with Gasteiger partial charge in [0, 0.05) is 31.1 Å². The molecule has 2 amide bonds. The van der Waals surface area contributed by atoms with Crippen molar-refractivity contribution in [3.8, 4) is 0 Å². The Balaban J connectivity index is 1.61. The van der Waals surface area contributed by atoms with E-state index in [1.165, 1.54) is 0 Å². The Labute approximate surface area is 153 Å². The molecule has 5 heteroatoms. The first kappa shape index (κ1) is 18.1. The molecule has 136 valence electrons. The molecular formula is C21H24N2O3. The Morgan fingerprint density at radius 2 is 1.69 bits per heavy atom. The van der Waals surface area contributed by atoms with Crippen LogP contribution in [0.4, 0.5) is 0 Å². The highest BCUT2D eigenvalue weighted by Gasteiger charge is 2.29. The van der Waals surface area contributed by atoms with Crippen molar-refractivity contribution < 1.29 is 14.7 Å². The molecule has 0 spiro atoms. The van der Waals surface area contributed by atoms with Gasteiger partial charge in [0.15, 0.2) is 0 Å². The third-order valence-electron chi connectivity index (χ3n) is 4.49. The minimum absolute atomic E-state index is 0.0795. The van der Waals surface area contributed by atoms with Crippen molar-refractivity contribution in [2.45, 2.75) is 25.9 Å². The Hall–Kier alpha value is -2.66. The van der Waals surface area contributed by atoms with Gasteiger partial charge in [-0.2, -0.15) is 0 Å². The predicted octanol–water partition coefficient (Wildman–Crippen LogP) is 2.35.